The summed E-state index contributed by atoms with van der Waals surface area (Å²) in [6, 6.07) is 11.6. The van der Waals surface area contributed by atoms with Crippen molar-refractivity contribution in [2.45, 2.75) is 13.1 Å². The van der Waals surface area contributed by atoms with Crippen LogP contribution in [0.2, 0.25) is 0 Å². The van der Waals surface area contributed by atoms with Crippen LogP contribution in [0.3, 0.4) is 0 Å². The number of hydrogen-bond donors (Lipinski definition) is 1. The van der Waals surface area contributed by atoms with Gasteiger partial charge in [0, 0.05) is 10.2 Å². The molecule has 0 saturated heterocycles. The van der Waals surface area contributed by atoms with Gasteiger partial charge in [0.25, 0.3) is 5.91 Å². The smallest absolute Gasteiger partial charge is 0.321 e. The zero-order valence-electron chi connectivity index (χ0n) is 13.4. The fourth-order valence-electron chi connectivity index (χ4n) is 2.32. The van der Waals surface area contributed by atoms with Crippen molar-refractivity contribution in [3.8, 4) is 5.69 Å². The molecule has 0 spiro atoms. The van der Waals surface area contributed by atoms with Gasteiger partial charge < -0.3 is 5.32 Å². The van der Waals surface area contributed by atoms with Crippen molar-refractivity contribution in [2.24, 2.45) is 0 Å². The predicted octanol–water partition coefficient (Wildman–Crippen LogP) is 4.61. The molecule has 0 aliphatic rings. The molecule has 0 fully saturated rings. The van der Waals surface area contributed by atoms with Crippen molar-refractivity contribution in [2.75, 3.05) is 5.32 Å². The van der Waals surface area contributed by atoms with Crippen molar-refractivity contribution in [1.29, 1.82) is 0 Å². The summed E-state index contributed by atoms with van der Waals surface area (Å²) in [5.74, 6) is -0.497. The summed E-state index contributed by atoms with van der Waals surface area (Å²) in [6.45, 7) is 1.57. The summed E-state index contributed by atoms with van der Waals surface area (Å²) >= 11 is 3.30. The van der Waals surface area contributed by atoms with E-state index in [1.54, 1.807) is 31.2 Å². The first-order valence-corrected chi connectivity index (χ1v) is 8.22. The van der Waals surface area contributed by atoms with Gasteiger partial charge in [0.05, 0.1) is 16.9 Å². The maximum absolute atomic E-state index is 12.9. The number of anilines is 1. The van der Waals surface area contributed by atoms with Gasteiger partial charge in [0.15, 0.2) is 5.69 Å². The van der Waals surface area contributed by atoms with Gasteiger partial charge in [-0.1, -0.05) is 27.2 Å². The molecule has 0 atom stereocenters. The molecule has 1 N–H and O–H groups in total. The molecule has 0 unspecified atom stereocenters. The molecule has 5 nitrogen and oxygen atoms in total. The summed E-state index contributed by atoms with van der Waals surface area (Å²) in [7, 11) is 0. The van der Waals surface area contributed by atoms with E-state index < -0.39 is 17.6 Å². The molecule has 0 radical (unpaired) electrons. The molecule has 0 aliphatic heterocycles. The Balaban J connectivity index is 1.88. The first kappa shape index (κ1) is 18.1. The average Bonchev–Trinajstić information content (AvgIpc) is 2.98. The minimum absolute atomic E-state index is 0.0327. The first-order chi connectivity index (χ1) is 12.3. The Morgan fingerprint density at radius 3 is 2.50 bits per heavy atom. The summed E-state index contributed by atoms with van der Waals surface area (Å²) in [5.41, 5.74) is 0.300. The lowest BCUT2D eigenvalue weighted by Crippen LogP contribution is -2.14. The number of aromatic nitrogens is 3. The van der Waals surface area contributed by atoms with E-state index in [4.69, 9.17) is 0 Å². The number of benzene rings is 2. The van der Waals surface area contributed by atoms with Gasteiger partial charge in [-0.2, -0.15) is 13.2 Å². The van der Waals surface area contributed by atoms with Gasteiger partial charge in [-0.15, -0.1) is 5.10 Å². The molecule has 3 aromatic rings. The Hall–Kier alpha value is -2.68. The zero-order chi connectivity index (χ0) is 18.9. The van der Waals surface area contributed by atoms with Crippen molar-refractivity contribution in [3.63, 3.8) is 0 Å². The Bertz CT molecular complexity index is 951. The number of carbonyl (C=O) groups is 1. The largest absolute Gasteiger partial charge is 0.416 e. The number of nitrogens with zero attached hydrogens (tertiary/aromatic N) is 3. The van der Waals surface area contributed by atoms with E-state index in [1.807, 2.05) is 0 Å². The number of hydrogen-bond acceptors (Lipinski definition) is 3. The van der Waals surface area contributed by atoms with E-state index in [2.05, 4.69) is 31.6 Å². The van der Waals surface area contributed by atoms with Crippen LogP contribution in [0.25, 0.3) is 5.69 Å². The molecule has 2 aromatic carbocycles. The standard InChI is InChI=1S/C17H12BrF3N4O/c1-10-15(16(26)22-13-7-5-12(18)6-8-13)23-24-25(10)14-4-2-3-11(9-14)17(19,20)21/h2-9H,1H3,(H,22,26). The van der Waals surface area contributed by atoms with Gasteiger partial charge in [-0.05, 0) is 49.4 Å². The van der Waals surface area contributed by atoms with Gasteiger partial charge in [0.2, 0.25) is 0 Å². The molecule has 3 rings (SSSR count). The lowest BCUT2D eigenvalue weighted by Gasteiger charge is -2.09. The number of carbonyl (C=O) groups excluding carboxylic acids is 1. The van der Waals surface area contributed by atoms with Crippen LogP contribution in [0.4, 0.5) is 18.9 Å². The van der Waals surface area contributed by atoms with E-state index in [0.29, 0.717) is 11.4 Å². The first-order valence-electron chi connectivity index (χ1n) is 7.42. The third-order valence-corrected chi connectivity index (χ3v) is 4.16. The van der Waals surface area contributed by atoms with E-state index in [1.165, 1.54) is 16.8 Å². The molecule has 0 bridgehead atoms. The van der Waals surface area contributed by atoms with Crippen LogP contribution in [-0.2, 0) is 6.18 Å². The molecule has 1 aromatic heterocycles. The number of rotatable bonds is 3. The lowest BCUT2D eigenvalue weighted by atomic mass is 10.2. The Kier molecular flexibility index (Phi) is 4.82. The quantitative estimate of drug-likeness (QED) is 0.667. The van der Waals surface area contributed by atoms with Crippen molar-refractivity contribution in [3.05, 3.63) is 70.0 Å². The maximum Gasteiger partial charge on any atom is 0.416 e. The van der Waals surface area contributed by atoms with Crippen LogP contribution in [-0.4, -0.2) is 20.9 Å². The SMILES string of the molecule is Cc1c(C(=O)Nc2ccc(Br)cc2)nnn1-c1cccc(C(F)(F)F)c1. The van der Waals surface area contributed by atoms with E-state index in [0.717, 1.165) is 16.6 Å². The third-order valence-electron chi connectivity index (χ3n) is 3.63. The maximum atomic E-state index is 12.9. The van der Waals surface area contributed by atoms with E-state index in [9.17, 15) is 18.0 Å². The number of nitrogens with one attached hydrogen (secondary N) is 1. The van der Waals surface area contributed by atoms with E-state index in [-0.39, 0.29) is 11.4 Å². The van der Waals surface area contributed by atoms with Gasteiger partial charge in [0.1, 0.15) is 0 Å². The lowest BCUT2D eigenvalue weighted by molar-refractivity contribution is -0.137. The molecule has 1 heterocycles. The summed E-state index contributed by atoms with van der Waals surface area (Å²) in [4.78, 5) is 12.4. The highest BCUT2D eigenvalue weighted by Gasteiger charge is 2.31. The van der Waals surface area contributed by atoms with E-state index >= 15 is 0 Å². The fourth-order valence-corrected chi connectivity index (χ4v) is 2.59. The highest BCUT2D eigenvalue weighted by Crippen LogP contribution is 2.30. The molecule has 1 amide bonds. The minimum Gasteiger partial charge on any atom is -0.321 e. The van der Waals surface area contributed by atoms with Crippen molar-refractivity contribution in [1.82, 2.24) is 15.0 Å². The molecule has 26 heavy (non-hydrogen) atoms. The second-order valence-electron chi connectivity index (χ2n) is 5.44. The van der Waals surface area contributed by atoms with Crippen LogP contribution in [0.15, 0.2) is 53.0 Å². The average molecular weight is 425 g/mol. The predicted molar refractivity (Wildman–Crippen MR) is 93.2 cm³/mol. The number of alkyl halides is 3. The normalized spacial score (nSPS) is 11.4. The third kappa shape index (κ3) is 3.77. The van der Waals surface area contributed by atoms with Crippen LogP contribution >= 0.6 is 15.9 Å². The van der Waals surface area contributed by atoms with Gasteiger partial charge in [-0.3, -0.25) is 4.79 Å². The molecule has 134 valence electrons. The second-order valence-corrected chi connectivity index (χ2v) is 6.36. The van der Waals surface area contributed by atoms with Crippen LogP contribution in [0.1, 0.15) is 21.7 Å². The molecular formula is C17H12BrF3N4O. The van der Waals surface area contributed by atoms with Crippen LogP contribution in [0.5, 0.6) is 0 Å². The highest BCUT2D eigenvalue weighted by molar-refractivity contribution is 9.10. The van der Waals surface area contributed by atoms with Crippen molar-refractivity contribution >= 4 is 27.5 Å². The monoisotopic (exact) mass is 424 g/mol. The summed E-state index contributed by atoms with van der Waals surface area (Å²) < 4.78 is 40.7. The van der Waals surface area contributed by atoms with Crippen LogP contribution < -0.4 is 5.32 Å². The molecule has 0 aliphatic carbocycles. The Morgan fingerprint density at radius 1 is 1.15 bits per heavy atom. The highest BCUT2D eigenvalue weighted by atomic mass is 79.9. The Labute approximate surface area is 155 Å². The topological polar surface area (TPSA) is 59.8 Å². The van der Waals surface area contributed by atoms with Crippen molar-refractivity contribution < 1.29 is 18.0 Å². The Morgan fingerprint density at radius 2 is 1.85 bits per heavy atom. The fraction of sp³-hybridized carbons (Fsp3) is 0.118. The zero-order valence-corrected chi connectivity index (χ0v) is 15.0. The number of amides is 1. The van der Waals surface area contributed by atoms with Gasteiger partial charge >= 0.3 is 6.18 Å². The summed E-state index contributed by atoms with van der Waals surface area (Å²) in [5, 5.41) is 10.3. The molecule has 0 saturated carbocycles. The minimum atomic E-state index is -4.47. The second kappa shape index (κ2) is 6.91. The number of halogens is 4. The van der Waals surface area contributed by atoms with Gasteiger partial charge in [-0.25, -0.2) is 4.68 Å². The molecule has 9 heteroatoms. The summed E-state index contributed by atoms with van der Waals surface area (Å²) in [6.07, 6.45) is -4.47. The van der Waals surface area contributed by atoms with Crippen LogP contribution in [0, 0.1) is 6.92 Å². The molecular weight excluding hydrogens is 413 g/mol.